The number of piperidine rings is 1. The van der Waals surface area contributed by atoms with Crippen LogP contribution in [0.4, 0.5) is 0 Å². The molecule has 32 heavy (non-hydrogen) atoms. The third-order valence-electron chi connectivity index (χ3n) is 8.28. The van der Waals surface area contributed by atoms with Crippen molar-refractivity contribution in [2.45, 2.75) is 108 Å². The Morgan fingerprint density at radius 3 is 1.94 bits per heavy atom. The maximum atomic E-state index is 7.04. The van der Waals surface area contributed by atoms with Crippen LogP contribution in [0.15, 0.2) is 48.5 Å². The molecular weight excluding hydrogens is 390 g/mol. The zero-order valence-electron chi connectivity index (χ0n) is 20.0. The fourth-order valence-corrected chi connectivity index (χ4v) is 6.59. The highest BCUT2D eigenvalue weighted by atomic mass is 16.5. The monoisotopic (exact) mass is 431 g/mol. The molecular formula is C30H41NO. The van der Waals surface area contributed by atoms with Gasteiger partial charge in [0.05, 0.1) is 6.10 Å². The summed E-state index contributed by atoms with van der Waals surface area (Å²) in [5, 5.41) is 0. The average Bonchev–Trinajstić information content (AvgIpc) is 2.98. The van der Waals surface area contributed by atoms with Crippen LogP contribution in [-0.4, -0.2) is 29.6 Å². The van der Waals surface area contributed by atoms with E-state index < -0.39 is 0 Å². The van der Waals surface area contributed by atoms with Crippen LogP contribution in [0.25, 0.3) is 0 Å². The van der Waals surface area contributed by atoms with Crippen LogP contribution in [0.1, 0.15) is 99.5 Å². The Morgan fingerprint density at radius 1 is 0.750 bits per heavy atom. The summed E-state index contributed by atoms with van der Waals surface area (Å²) in [7, 11) is 0. The van der Waals surface area contributed by atoms with E-state index in [0.717, 1.165) is 24.9 Å². The number of rotatable bonds is 9. The second-order valence-corrected chi connectivity index (χ2v) is 10.4. The average molecular weight is 432 g/mol. The molecule has 2 nitrogen and oxygen atoms in total. The minimum atomic E-state index is 0.0967. The summed E-state index contributed by atoms with van der Waals surface area (Å²) >= 11 is 0. The molecule has 1 aliphatic carbocycles. The van der Waals surface area contributed by atoms with E-state index in [-0.39, 0.29) is 6.10 Å². The van der Waals surface area contributed by atoms with Crippen molar-refractivity contribution in [2.75, 3.05) is 6.54 Å². The first-order valence-electron chi connectivity index (χ1n) is 13.4. The highest BCUT2D eigenvalue weighted by Crippen LogP contribution is 2.42. The maximum Gasteiger partial charge on any atom is 0.108 e. The van der Waals surface area contributed by atoms with Gasteiger partial charge in [-0.05, 0) is 73.7 Å². The van der Waals surface area contributed by atoms with Gasteiger partial charge < -0.3 is 4.74 Å². The highest BCUT2D eigenvalue weighted by Gasteiger charge is 2.41. The van der Waals surface area contributed by atoms with E-state index in [1.807, 2.05) is 0 Å². The van der Waals surface area contributed by atoms with Crippen molar-refractivity contribution in [2.24, 2.45) is 0 Å². The largest absolute Gasteiger partial charge is 0.365 e. The van der Waals surface area contributed by atoms with Crippen molar-refractivity contribution in [1.82, 2.24) is 4.90 Å². The van der Waals surface area contributed by atoms with Gasteiger partial charge in [0.15, 0.2) is 0 Å². The van der Waals surface area contributed by atoms with Gasteiger partial charge in [0.1, 0.15) is 6.10 Å². The molecule has 3 aliphatic rings. The predicted octanol–water partition coefficient (Wildman–Crippen LogP) is 7.25. The zero-order valence-corrected chi connectivity index (χ0v) is 20.0. The Kier molecular flexibility index (Phi) is 7.29. The van der Waals surface area contributed by atoms with E-state index in [2.05, 4.69) is 60.4 Å². The molecule has 2 aliphatic heterocycles. The van der Waals surface area contributed by atoms with Crippen LogP contribution >= 0.6 is 0 Å². The van der Waals surface area contributed by atoms with E-state index >= 15 is 0 Å². The Hall–Kier alpha value is -1.64. The number of hydrogen-bond donors (Lipinski definition) is 0. The quantitative estimate of drug-likeness (QED) is 0.388. The molecule has 2 heteroatoms. The smallest absolute Gasteiger partial charge is 0.108 e. The highest BCUT2D eigenvalue weighted by molar-refractivity contribution is 5.43. The molecule has 0 N–H and O–H groups in total. The van der Waals surface area contributed by atoms with Crippen LogP contribution in [0.5, 0.6) is 0 Å². The first-order chi connectivity index (χ1) is 15.8. The van der Waals surface area contributed by atoms with Crippen LogP contribution in [-0.2, 0) is 17.6 Å². The minimum Gasteiger partial charge on any atom is -0.365 e. The molecule has 2 fully saturated rings. The lowest BCUT2D eigenvalue weighted by Crippen LogP contribution is -2.46. The van der Waals surface area contributed by atoms with Crippen LogP contribution in [0.3, 0.4) is 0 Å². The van der Waals surface area contributed by atoms with Crippen LogP contribution < -0.4 is 0 Å². The number of benzene rings is 2. The van der Waals surface area contributed by atoms with E-state index in [4.69, 9.17) is 4.74 Å². The van der Waals surface area contributed by atoms with Crippen molar-refractivity contribution in [1.29, 1.82) is 0 Å². The molecule has 2 heterocycles. The molecule has 2 aromatic carbocycles. The Morgan fingerprint density at radius 2 is 1.31 bits per heavy atom. The molecule has 2 bridgehead atoms. The lowest BCUT2D eigenvalue weighted by Gasteiger charge is -2.40. The molecule has 2 saturated heterocycles. The summed E-state index contributed by atoms with van der Waals surface area (Å²) < 4.78 is 7.04. The summed E-state index contributed by atoms with van der Waals surface area (Å²) in [6, 6.07) is 19.5. The zero-order chi connectivity index (χ0) is 21.8. The van der Waals surface area contributed by atoms with E-state index in [9.17, 15) is 0 Å². The summed E-state index contributed by atoms with van der Waals surface area (Å²) in [5.74, 6) is 0. The summed E-state index contributed by atoms with van der Waals surface area (Å²) in [5.41, 5.74) is 5.74. The van der Waals surface area contributed by atoms with Gasteiger partial charge in [0.2, 0.25) is 0 Å². The van der Waals surface area contributed by atoms with Gasteiger partial charge in [0.25, 0.3) is 0 Å². The topological polar surface area (TPSA) is 12.5 Å². The fraction of sp³-hybridized carbons (Fsp3) is 0.600. The van der Waals surface area contributed by atoms with Crippen LogP contribution in [0, 0.1) is 0 Å². The molecule has 1 unspecified atom stereocenters. The van der Waals surface area contributed by atoms with Gasteiger partial charge in [0, 0.05) is 12.1 Å². The van der Waals surface area contributed by atoms with Gasteiger partial charge in [-0.3, -0.25) is 4.90 Å². The van der Waals surface area contributed by atoms with Gasteiger partial charge in [-0.1, -0.05) is 87.6 Å². The van der Waals surface area contributed by atoms with Crippen molar-refractivity contribution in [3.05, 3.63) is 70.8 Å². The Balaban J connectivity index is 1.24. The first-order valence-corrected chi connectivity index (χ1v) is 13.4. The lowest BCUT2D eigenvalue weighted by molar-refractivity contribution is -0.0485. The molecule has 3 atom stereocenters. The molecule has 2 aromatic rings. The van der Waals surface area contributed by atoms with Crippen LogP contribution in [0.2, 0.25) is 0 Å². The lowest BCUT2D eigenvalue weighted by atomic mass is 9.95. The third-order valence-corrected chi connectivity index (χ3v) is 8.28. The van der Waals surface area contributed by atoms with Gasteiger partial charge >= 0.3 is 0 Å². The fourth-order valence-electron chi connectivity index (χ4n) is 6.59. The summed E-state index contributed by atoms with van der Waals surface area (Å²) in [4.78, 5) is 2.86. The van der Waals surface area contributed by atoms with Crippen molar-refractivity contribution in [3.63, 3.8) is 0 Å². The van der Waals surface area contributed by atoms with Crippen molar-refractivity contribution in [3.8, 4) is 0 Å². The Labute approximate surface area is 195 Å². The van der Waals surface area contributed by atoms with Crippen molar-refractivity contribution >= 4 is 0 Å². The minimum absolute atomic E-state index is 0.0967. The molecule has 172 valence electrons. The molecule has 0 amide bonds. The third kappa shape index (κ3) is 4.82. The molecule has 0 saturated carbocycles. The first kappa shape index (κ1) is 22.2. The molecule has 0 radical (unpaired) electrons. The molecule has 0 spiro atoms. The number of ether oxygens (including phenoxy) is 1. The number of aryl methyl sites for hydroxylation is 2. The predicted molar refractivity (Wildman–Crippen MR) is 133 cm³/mol. The number of hydrogen-bond acceptors (Lipinski definition) is 2. The van der Waals surface area contributed by atoms with Gasteiger partial charge in [-0.15, -0.1) is 0 Å². The summed E-state index contributed by atoms with van der Waals surface area (Å²) in [6.07, 6.45) is 16.3. The van der Waals surface area contributed by atoms with Crippen molar-refractivity contribution < 1.29 is 4.74 Å². The van der Waals surface area contributed by atoms with E-state index in [1.54, 1.807) is 0 Å². The summed E-state index contributed by atoms with van der Waals surface area (Å²) in [6.45, 7) is 3.61. The standard InChI is InChI=1S/C30H41NO/c1-2-3-4-5-6-11-20-31-25-18-19-26(31)22-27(21-25)32-30-28-14-9-7-12-23(28)16-17-24-13-8-10-15-29(24)30/h7-10,12-15,25-27,30H,2-6,11,16-22H2,1H3/t25-,26+,27?. The maximum absolute atomic E-state index is 7.04. The SMILES string of the molecule is CCCCCCCCN1[C@@H]2CC[C@H]1CC(OC1c3ccccc3CCc3ccccc31)C2. The van der Waals surface area contributed by atoms with E-state index in [1.165, 1.54) is 93.0 Å². The molecule has 5 rings (SSSR count). The molecule has 0 aromatic heterocycles. The number of unbranched alkanes of at least 4 members (excludes halogenated alkanes) is 5. The van der Waals surface area contributed by atoms with Gasteiger partial charge in [-0.2, -0.15) is 0 Å². The second kappa shape index (κ2) is 10.5. The number of fused-ring (bicyclic) bond motifs is 4. The Bertz CT molecular complexity index is 815. The normalized spacial score (nSPS) is 25.3. The number of nitrogens with zero attached hydrogens (tertiary/aromatic N) is 1. The van der Waals surface area contributed by atoms with E-state index in [0.29, 0.717) is 6.10 Å². The van der Waals surface area contributed by atoms with Gasteiger partial charge in [-0.25, -0.2) is 0 Å². The second-order valence-electron chi connectivity index (χ2n) is 10.4.